The zero-order chi connectivity index (χ0) is 20.5. The molecule has 6 heteroatoms. The number of rotatable bonds is 3. The SMILES string of the molecule is COC(=O)c1ccc(/C=C2\Oc3cc(OC(=O)C(C)(C)C)ccc3C2=O)cc1. The zero-order valence-electron chi connectivity index (χ0n) is 16.1. The summed E-state index contributed by atoms with van der Waals surface area (Å²) in [6.07, 6.45) is 1.59. The summed E-state index contributed by atoms with van der Waals surface area (Å²) in [5.74, 6) is -0.270. The van der Waals surface area contributed by atoms with Crippen molar-refractivity contribution in [1.82, 2.24) is 0 Å². The van der Waals surface area contributed by atoms with Gasteiger partial charge in [0.05, 0.1) is 23.7 Å². The van der Waals surface area contributed by atoms with Crippen LogP contribution in [0.15, 0.2) is 48.2 Å². The molecule has 2 aromatic rings. The Kier molecular flexibility index (Phi) is 5.05. The number of Topliss-reactive ketones (excluding diaryl/α,β-unsaturated/α-hetero) is 1. The van der Waals surface area contributed by atoms with Gasteiger partial charge < -0.3 is 14.2 Å². The molecular weight excluding hydrogens is 360 g/mol. The molecule has 28 heavy (non-hydrogen) atoms. The summed E-state index contributed by atoms with van der Waals surface area (Å²) in [6.45, 7) is 5.28. The lowest BCUT2D eigenvalue weighted by Gasteiger charge is -2.16. The molecule has 0 atom stereocenters. The molecule has 6 nitrogen and oxygen atoms in total. The molecule has 144 valence electrons. The van der Waals surface area contributed by atoms with Crippen LogP contribution in [0.1, 0.15) is 47.1 Å². The van der Waals surface area contributed by atoms with Gasteiger partial charge in [0.25, 0.3) is 0 Å². The first kappa shape index (κ1) is 19.4. The van der Waals surface area contributed by atoms with Crippen LogP contribution in [0.25, 0.3) is 6.08 Å². The van der Waals surface area contributed by atoms with Crippen LogP contribution >= 0.6 is 0 Å². The van der Waals surface area contributed by atoms with Gasteiger partial charge in [-0.25, -0.2) is 4.79 Å². The molecule has 0 spiro atoms. The molecule has 0 amide bonds. The quantitative estimate of drug-likeness (QED) is 0.454. The molecule has 0 saturated carbocycles. The molecule has 0 fully saturated rings. The maximum absolute atomic E-state index is 12.5. The predicted molar refractivity (Wildman–Crippen MR) is 102 cm³/mol. The molecule has 0 aromatic heterocycles. The normalized spacial score (nSPS) is 14.4. The number of carbonyl (C=O) groups excluding carboxylic acids is 3. The molecule has 0 bridgehead atoms. The Bertz CT molecular complexity index is 977. The lowest BCUT2D eigenvalue weighted by Crippen LogP contribution is -2.25. The van der Waals surface area contributed by atoms with Gasteiger partial charge >= 0.3 is 11.9 Å². The first-order chi connectivity index (χ1) is 13.2. The van der Waals surface area contributed by atoms with Crippen molar-refractivity contribution in [2.45, 2.75) is 20.8 Å². The fraction of sp³-hybridized carbons (Fsp3) is 0.227. The van der Waals surface area contributed by atoms with E-state index in [1.807, 2.05) is 0 Å². The lowest BCUT2D eigenvalue weighted by molar-refractivity contribution is -0.143. The van der Waals surface area contributed by atoms with Gasteiger partial charge in [-0.05, 0) is 56.7 Å². The molecule has 0 radical (unpaired) electrons. The fourth-order valence-electron chi connectivity index (χ4n) is 2.48. The maximum Gasteiger partial charge on any atom is 0.337 e. The van der Waals surface area contributed by atoms with Crippen molar-refractivity contribution in [2.24, 2.45) is 5.41 Å². The van der Waals surface area contributed by atoms with Crippen LogP contribution in [0, 0.1) is 5.41 Å². The van der Waals surface area contributed by atoms with Crippen LogP contribution in [0.5, 0.6) is 11.5 Å². The van der Waals surface area contributed by atoms with Crippen LogP contribution in [0.4, 0.5) is 0 Å². The molecular formula is C22H20O6. The Balaban J connectivity index is 1.80. The molecule has 3 rings (SSSR count). The first-order valence-corrected chi connectivity index (χ1v) is 8.68. The zero-order valence-corrected chi connectivity index (χ0v) is 16.1. The number of allylic oxidation sites excluding steroid dienone is 1. The first-order valence-electron chi connectivity index (χ1n) is 8.68. The molecule has 0 aliphatic carbocycles. The minimum Gasteiger partial charge on any atom is -0.465 e. The predicted octanol–water partition coefficient (Wildman–Crippen LogP) is 4.04. The van der Waals surface area contributed by atoms with Crippen LogP contribution < -0.4 is 9.47 Å². The second-order valence-corrected chi connectivity index (χ2v) is 7.35. The maximum atomic E-state index is 12.5. The van der Waals surface area contributed by atoms with Gasteiger partial charge in [0.1, 0.15) is 11.5 Å². The van der Waals surface area contributed by atoms with Gasteiger partial charge in [0, 0.05) is 6.07 Å². The van der Waals surface area contributed by atoms with Crippen LogP contribution in [-0.2, 0) is 9.53 Å². The van der Waals surface area contributed by atoms with Gasteiger partial charge in [-0.1, -0.05) is 12.1 Å². The minimum absolute atomic E-state index is 0.153. The van der Waals surface area contributed by atoms with E-state index in [0.29, 0.717) is 28.2 Å². The van der Waals surface area contributed by atoms with E-state index in [4.69, 9.17) is 9.47 Å². The molecule has 2 aromatic carbocycles. The smallest absolute Gasteiger partial charge is 0.337 e. The summed E-state index contributed by atoms with van der Waals surface area (Å²) in [4.78, 5) is 36.1. The Hall–Kier alpha value is -3.41. The van der Waals surface area contributed by atoms with E-state index in [0.717, 1.165) is 0 Å². The highest BCUT2D eigenvalue weighted by Gasteiger charge is 2.29. The van der Waals surface area contributed by atoms with E-state index in [2.05, 4.69) is 4.74 Å². The molecule has 0 saturated heterocycles. The summed E-state index contributed by atoms with van der Waals surface area (Å²) in [7, 11) is 1.31. The Morgan fingerprint density at radius 3 is 2.32 bits per heavy atom. The standard InChI is InChI=1S/C22H20O6/c1-22(2,3)21(25)27-15-9-10-16-17(12-15)28-18(19(16)23)11-13-5-7-14(8-6-13)20(24)26-4/h5-12H,1-4H3/b18-11-. The summed E-state index contributed by atoms with van der Waals surface area (Å²) < 4.78 is 15.7. The topological polar surface area (TPSA) is 78.9 Å². The van der Waals surface area contributed by atoms with Crippen LogP contribution in [-0.4, -0.2) is 24.8 Å². The number of fused-ring (bicyclic) bond motifs is 1. The Morgan fingerprint density at radius 1 is 1.04 bits per heavy atom. The second-order valence-electron chi connectivity index (χ2n) is 7.35. The average Bonchev–Trinajstić information content (AvgIpc) is 2.96. The third-order valence-electron chi connectivity index (χ3n) is 4.09. The number of carbonyl (C=O) groups is 3. The third kappa shape index (κ3) is 3.96. The Labute approximate surface area is 162 Å². The molecule has 0 N–H and O–H groups in total. The summed E-state index contributed by atoms with van der Waals surface area (Å²) in [6, 6.07) is 11.3. The van der Waals surface area contributed by atoms with Crippen molar-refractivity contribution in [1.29, 1.82) is 0 Å². The number of methoxy groups -OCH3 is 1. The van der Waals surface area contributed by atoms with Gasteiger partial charge in [-0.15, -0.1) is 0 Å². The summed E-state index contributed by atoms with van der Waals surface area (Å²) in [5.41, 5.74) is 0.866. The van der Waals surface area contributed by atoms with Gasteiger partial charge in [0.2, 0.25) is 5.78 Å². The Morgan fingerprint density at radius 2 is 1.71 bits per heavy atom. The monoisotopic (exact) mass is 380 g/mol. The van der Waals surface area contributed by atoms with Crippen molar-refractivity contribution < 1.29 is 28.6 Å². The van der Waals surface area contributed by atoms with E-state index in [-0.39, 0.29) is 17.5 Å². The average molecular weight is 380 g/mol. The lowest BCUT2D eigenvalue weighted by atomic mass is 9.97. The number of hydrogen-bond acceptors (Lipinski definition) is 6. The van der Waals surface area contributed by atoms with E-state index >= 15 is 0 Å². The molecule has 1 heterocycles. The van der Waals surface area contributed by atoms with Crippen molar-refractivity contribution in [3.8, 4) is 11.5 Å². The number of esters is 2. The van der Waals surface area contributed by atoms with E-state index in [9.17, 15) is 14.4 Å². The molecule has 1 aliphatic heterocycles. The van der Waals surface area contributed by atoms with Crippen LogP contribution in [0.2, 0.25) is 0 Å². The summed E-state index contributed by atoms with van der Waals surface area (Å²) >= 11 is 0. The van der Waals surface area contributed by atoms with E-state index < -0.39 is 11.4 Å². The molecule has 1 aliphatic rings. The number of ether oxygens (including phenoxy) is 3. The van der Waals surface area contributed by atoms with E-state index in [1.165, 1.54) is 13.2 Å². The van der Waals surface area contributed by atoms with Crippen molar-refractivity contribution in [3.05, 3.63) is 64.9 Å². The number of benzene rings is 2. The largest absolute Gasteiger partial charge is 0.465 e. The number of ketones is 1. The molecule has 0 unspecified atom stereocenters. The van der Waals surface area contributed by atoms with Crippen LogP contribution in [0.3, 0.4) is 0 Å². The van der Waals surface area contributed by atoms with Gasteiger partial charge in [-0.2, -0.15) is 0 Å². The van der Waals surface area contributed by atoms with Crippen molar-refractivity contribution in [3.63, 3.8) is 0 Å². The highest BCUT2D eigenvalue weighted by molar-refractivity contribution is 6.14. The summed E-state index contributed by atoms with van der Waals surface area (Å²) in [5, 5.41) is 0. The highest BCUT2D eigenvalue weighted by atomic mass is 16.5. The highest BCUT2D eigenvalue weighted by Crippen LogP contribution is 2.35. The van der Waals surface area contributed by atoms with Crippen molar-refractivity contribution in [2.75, 3.05) is 7.11 Å². The third-order valence-corrected chi connectivity index (χ3v) is 4.09. The second kappa shape index (κ2) is 7.31. The van der Waals surface area contributed by atoms with E-state index in [1.54, 1.807) is 63.2 Å². The van der Waals surface area contributed by atoms with Crippen molar-refractivity contribution >= 4 is 23.8 Å². The minimum atomic E-state index is -0.642. The number of hydrogen-bond donors (Lipinski definition) is 0. The van der Waals surface area contributed by atoms with Gasteiger partial charge in [-0.3, -0.25) is 9.59 Å². The van der Waals surface area contributed by atoms with Gasteiger partial charge in [0.15, 0.2) is 5.76 Å². The fourth-order valence-corrected chi connectivity index (χ4v) is 2.48.